The van der Waals surface area contributed by atoms with Gasteiger partial charge in [-0.3, -0.25) is 4.79 Å². The zero-order valence-corrected chi connectivity index (χ0v) is 14.1. The molecule has 0 bridgehead atoms. The highest BCUT2D eigenvalue weighted by molar-refractivity contribution is 7.90. The third-order valence-corrected chi connectivity index (χ3v) is 4.48. The maximum Gasteiger partial charge on any atom is 0.228 e. The van der Waals surface area contributed by atoms with Gasteiger partial charge in [-0.15, -0.1) is 0 Å². The Kier molecular flexibility index (Phi) is 5.05. The van der Waals surface area contributed by atoms with Crippen LogP contribution in [-0.2, 0) is 21.1 Å². The van der Waals surface area contributed by atoms with Gasteiger partial charge in [0.2, 0.25) is 5.91 Å². The fourth-order valence-corrected chi connectivity index (χ4v) is 2.84. The lowest BCUT2D eigenvalue weighted by atomic mass is 10.1. The highest BCUT2D eigenvalue weighted by Crippen LogP contribution is 2.21. The smallest absolute Gasteiger partial charge is 0.228 e. The highest BCUT2D eigenvalue weighted by Gasteiger charge is 2.11. The van der Waals surface area contributed by atoms with Gasteiger partial charge in [-0.05, 0) is 37.3 Å². The summed E-state index contributed by atoms with van der Waals surface area (Å²) < 4.78 is 28.1. The zero-order chi connectivity index (χ0) is 17.0. The molecule has 0 aliphatic heterocycles. The number of aryl methyl sites for hydroxylation is 1. The highest BCUT2D eigenvalue weighted by atomic mass is 32.2. The SMILES string of the molecule is COc1ccc(C)cc1CC(=O)Nc1ccc(S(C)(=O)=O)cc1. The molecule has 6 heteroatoms. The van der Waals surface area contributed by atoms with Crippen LogP contribution in [0.15, 0.2) is 47.4 Å². The van der Waals surface area contributed by atoms with Gasteiger partial charge in [-0.2, -0.15) is 0 Å². The van der Waals surface area contributed by atoms with Crippen molar-refractivity contribution in [3.8, 4) is 5.75 Å². The Morgan fingerprint density at radius 1 is 1.13 bits per heavy atom. The monoisotopic (exact) mass is 333 g/mol. The van der Waals surface area contributed by atoms with Crippen LogP contribution in [0.3, 0.4) is 0 Å². The quantitative estimate of drug-likeness (QED) is 0.913. The van der Waals surface area contributed by atoms with E-state index in [1.165, 1.54) is 12.1 Å². The second-order valence-corrected chi connectivity index (χ2v) is 7.35. The first kappa shape index (κ1) is 17.0. The zero-order valence-electron chi connectivity index (χ0n) is 13.3. The summed E-state index contributed by atoms with van der Waals surface area (Å²) in [6, 6.07) is 11.7. The number of benzene rings is 2. The molecule has 2 aromatic carbocycles. The fraction of sp³-hybridized carbons (Fsp3) is 0.235. The summed E-state index contributed by atoms with van der Waals surface area (Å²) in [5.41, 5.74) is 2.40. The van der Waals surface area contributed by atoms with E-state index < -0.39 is 9.84 Å². The standard InChI is InChI=1S/C17H19NO4S/c1-12-4-9-16(22-2)13(10-12)11-17(19)18-14-5-7-15(8-6-14)23(3,20)21/h4-10H,11H2,1-3H3,(H,18,19). The molecule has 1 amide bonds. The number of nitrogens with one attached hydrogen (secondary N) is 1. The third kappa shape index (κ3) is 4.56. The molecule has 122 valence electrons. The van der Waals surface area contributed by atoms with Gasteiger partial charge in [0.1, 0.15) is 5.75 Å². The predicted molar refractivity (Wildman–Crippen MR) is 89.6 cm³/mol. The second kappa shape index (κ2) is 6.83. The van der Waals surface area contributed by atoms with Gasteiger partial charge >= 0.3 is 0 Å². The fourth-order valence-electron chi connectivity index (χ4n) is 2.21. The summed E-state index contributed by atoms with van der Waals surface area (Å²) in [7, 11) is -1.67. The average Bonchev–Trinajstić information content (AvgIpc) is 2.47. The van der Waals surface area contributed by atoms with Crippen LogP contribution in [0.5, 0.6) is 5.75 Å². The molecule has 0 fully saturated rings. The number of carbonyl (C=O) groups is 1. The number of amides is 1. The van der Waals surface area contributed by atoms with Gasteiger partial charge in [-0.1, -0.05) is 17.7 Å². The molecule has 0 heterocycles. The number of sulfone groups is 1. The molecular formula is C17H19NO4S. The average molecular weight is 333 g/mol. The predicted octanol–water partition coefficient (Wildman–Crippen LogP) is 2.59. The van der Waals surface area contributed by atoms with Crippen LogP contribution >= 0.6 is 0 Å². The molecule has 0 atom stereocenters. The van der Waals surface area contributed by atoms with E-state index >= 15 is 0 Å². The number of rotatable bonds is 5. The largest absolute Gasteiger partial charge is 0.496 e. The molecule has 5 nitrogen and oxygen atoms in total. The summed E-state index contributed by atoms with van der Waals surface area (Å²) in [6.07, 6.45) is 1.32. The van der Waals surface area contributed by atoms with Crippen molar-refractivity contribution in [1.82, 2.24) is 0 Å². The minimum atomic E-state index is -3.24. The van der Waals surface area contributed by atoms with E-state index in [9.17, 15) is 13.2 Å². The van der Waals surface area contributed by atoms with Crippen molar-refractivity contribution in [2.45, 2.75) is 18.2 Å². The van der Waals surface area contributed by atoms with Crippen LogP contribution in [0.25, 0.3) is 0 Å². The summed E-state index contributed by atoms with van der Waals surface area (Å²) >= 11 is 0. The summed E-state index contributed by atoms with van der Waals surface area (Å²) in [5.74, 6) is 0.471. The Labute approximate surface area is 136 Å². The molecule has 1 N–H and O–H groups in total. The first-order chi connectivity index (χ1) is 10.8. The van der Waals surface area contributed by atoms with Crippen molar-refractivity contribution in [3.05, 3.63) is 53.6 Å². The Morgan fingerprint density at radius 2 is 1.78 bits per heavy atom. The lowest BCUT2D eigenvalue weighted by Crippen LogP contribution is -2.15. The molecule has 0 aromatic heterocycles. The Bertz CT molecular complexity index is 811. The van der Waals surface area contributed by atoms with Crippen LogP contribution in [0.2, 0.25) is 0 Å². The molecule has 0 unspecified atom stereocenters. The van der Waals surface area contributed by atoms with Gasteiger partial charge in [0.15, 0.2) is 9.84 Å². The number of hydrogen-bond acceptors (Lipinski definition) is 4. The van der Waals surface area contributed by atoms with Gasteiger partial charge < -0.3 is 10.1 Å². The molecule has 0 spiro atoms. The minimum absolute atomic E-state index is 0.179. The lowest BCUT2D eigenvalue weighted by Gasteiger charge is -2.10. The van der Waals surface area contributed by atoms with Gasteiger partial charge in [-0.25, -0.2) is 8.42 Å². The van der Waals surface area contributed by atoms with Crippen LogP contribution in [0.1, 0.15) is 11.1 Å². The number of carbonyl (C=O) groups excluding carboxylic acids is 1. The van der Waals surface area contributed by atoms with Gasteiger partial charge in [0, 0.05) is 17.5 Å². The molecule has 0 saturated heterocycles. The molecule has 0 aliphatic carbocycles. The normalized spacial score (nSPS) is 11.1. The molecule has 0 radical (unpaired) electrons. The van der Waals surface area contributed by atoms with Crippen LogP contribution < -0.4 is 10.1 Å². The van der Waals surface area contributed by atoms with E-state index in [1.807, 2.05) is 25.1 Å². The van der Waals surface area contributed by atoms with Crippen molar-refractivity contribution < 1.29 is 17.9 Å². The van der Waals surface area contributed by atoms with Crippen LogP contribution in [0.4, 0.5) is 5.69 Å². The second-order valence-electron chi connectivity index (χ2n) is 5.34. The third-order valence-electron chi connectivity index (χ3n) is 3.35. The van der Waals surface area contributed by atoms with Gasteiger partial charge in [0.05, 0.1) is 18.4 Å². The molecule has 2 aromatic rings. The molecule has 0 saturated carbocycles. The minimum Gasteiger partial charge on any atom is -0.496 e. The van der Waals surface area contributed by atoms with E-state index in [1.54, 1.807) is 19.2 Å². The molecular weight excluding hydrogens is 314 g/mol. The molecule has 0 aliphatic rings. The van der Waals surface area contributed by atoms with Crippen molar-refractivity contribution in [1.29, 1.82) is 0 Å². The van der Waals surface area contributed by atoms with Crippen molar-refractivity contribution in [2.24, 2.45) is 0 Å². The first-order valence-corrected chi connectivity index (χ1v) is 8.92. The molecule has 23 heavy (non-hydrogen) atoms. The van der Waals surface area contributed by atoms with Crippen LogP contribution in [0, 0.1) is 6.92 Å². The summed E-state index contributed by atoms with van der Waals surface area (Å²) in [6.45, 7) is 1.95. The molecule has 2 rings (SSSR count). The van der Waals surface area contributed by atoms with E-state index in [4.69, 9.17) is 4.74 Å². The number of hydrogen-bond donors (Lipinski definition) is 1. The first-order valence-electron chi connectivity index (χ1n) is 7.03. The Morgan fingerprint density at radius 3 is 2.35 bits per heavy atom. The van der Waals surface area contributed by atoms with Crippen molar-refractivity contribution >= 4 is 21.4 Å². The van der Waals surface area contributed by atoms with E-state index in [0.29, 0.717) is 11.4 Å². The number of methoxy groups -OCH3 is 1. The lowest BCUT2D eigenvalue weighted by molar-refractivity contribution is -0.115. The topological polar surface area (TPSA) is 72.5 Å². The van der Waals surface area contributed by atoms with Crippen molar-refractivity contribution in [2.75, 3.05) is 18.7 Å². The maximum atomic E-state index is 12.2. The maximum absolute atomic E-state index is 12.2. The summed E-state index contributed by atoms with van der Waals surface area (Å²) in [4.78, 5) is 12.4. The Hall–Kier alpha value is -2.34. The van der Waals surface area contributed by atoms with Gasteiger partial charge in [0.25, 0.3) is 0 Å². The van der Waals surface area contributed by atoms with Crippen molar-refractivity contribution in [3.63, 3.8) is 0 Å². The van der Waals surface area contributed by atoms with E-state index in [2.05, 4.69) is 5.32 Å². The van der Waals surface area contributed by atoms with E-state index in [-0.39, 0.29) is 17.2 Å². The summed E-state index contributed by atoms with van der Waals surface area (Å²) in [5, 5.41) is 2.75. The number of anilines is 1. The number of ether oxygens (including phenoxy) is 1. The van der Waals surface area contributed by atoms with E-state index in [0.717, 1.165) is 17.4 Å². The Balaban J connectivity index is 2.10. The van der Waals surface area contributed by atoms with Crippen LogP contribution in [-0.4, -0.2) is 27.7 Å².